The van der Waals surface area contributed by atoms with Crippen LogP contribution in [0.15, 0.2) is 18.5 Å². The molecule has 3 nitrogen and oxygen atoms in total. The summed E-state index contributed by atoms with van der Waals surface area (Å²) in [6.45, 7) is 12.0. The lowest BCUT2D eigenvalue weighted by Gasteiger charge is -2.31. The first-order valence-corrected chi connectivity index (χ1v) is 6.82. The van der Waals surface area contributed by atoms with Crippen molar-refractivity contribution >= 4 is 5.69 Å². The molecule has 1 unspecified atom stereocenters. The predicted molar refractivity (Wildman–Crippen MR) is 78.9 cm³/mol. The predicted octanol–water partition coefficient (Wildman–Crippen LogP) is 3.06. The zero-order valence-electron chi connectivity index (χ0n) is 12.6. The Kier molecular flexibility index (Phi) is 5.60. The molecule has 0 aliphatic heterocycles. The van der Waals surface area contributed by atoms with Crippen molar-refractivity contribution in [1.29, 1.82) is 0 Å². The molecule has 1 heterocycles. The van der Waals surface area contributed by atoms with Crippen molar-refractivity contribution in [2.75, 3.05) is 11.9 Å². The van der Waals surface area contributed by atoms with Gasteiger partial charge in [-0.25, -0.2) is 0 Å². The van der Waals surface area contributed by atoms with Crippen molar-refractivity contribution in [3.8, 4) is 0 Å². The van der Waals surface area contributed by atoms with E-state index in [0.717, 1.165) is 6.54 Å². The van der Waals surface area contributed by atoms with Crippen LogP contribution in [0.1, 0.15) is 40.2 Å². The van der Waals surface area contributed by atoms with E-state index in [-0.39, 0.29) is 0 Å². The van der Waals surface area contributed by atoms with Gasteiger partial charge in [-0.05, 0) is 24.5 Å². The molecule has 1 aromatic rings. The molecule has 0 radical (unpaired) electrons. The molecule has 0 fully saturated rings. The van der Waals surface area contributed by atoms with Crippen molar-refractivity contribution < 1.29 is 0 Å². The average molecular weight is 249 g/mol. The Morgan fingerprint density at radius 3 is 2.44 bits per heavy atom. The van der Waals surface area contributed by atoms with E-state index < -0.39 is 0 Å². The highest BCUT2D eigenvalue weighted by atomic mass is 15.1. The summed E-state index contributed by atoms with van der Waals surface area (Å²) in [6, 6.07) is 3.11. The molecule has 0 aliphatic rings. The van der Waals surface area contributed by atoms with E-state index in [0.29, 0.717) is 18.0 Å². The number of aromatic nitrogens is 1. The SMILES string of the molecule is CC(C)NCc1ccncc1N(C)C(C)C(C)C. The lowest BCUT2D eigenvalue weighted by Crippen LogP contribution is -2.34. The summed E-state index contributed by atoms with van der Waals surface area (Å²) >= 11 is 0. The van der Waals surface area contributed by atoms with Crippen LogP contribution in [0.25, 0.3) is 0 Å². The molecule has 1 N–H and O–H groups in total. The Bertz CT molecular complexity index is 361. The minimum Gasteiger partial charge on any atom is -0.370 e. The molecule has 0 aliphatic carbocycles. The fourth-order valence-electron chi connectivity index (χ4n) is 1.86. The maximum absolute atomic E-state index is 4.27. The van der Waals surface area contributed by atoms with E-state index in [9.17, 15) is 0 Å². The monoisotopic (exact) mass is 249 g/mol. The van der Waals surface area contributed by atoms with Crippen molar-refractivity contribution in [3.05, 3.63) is 24.0 Å². The van der Waals surface area contributed by atoms with Crippen molar-refractivity contribution in [2.45, 2.75) is 53.2 Å². The first-order chi connectivity index (χ1) is 8.43. The largest absolute Gasteiger partial charge is 0.370 e. The van der Waals surface area contributed by atoms with Gasteiger partial charge in [0.15, 0.2) is 0 Å². The Morgan fingerprint density at radius 1 is 1.22 bits per heavy atom. The summed E-state index contributed by atoms with van der Waals surface area (Å²) in [5.74, 6) is 0.626. The van der Waals surface area contributed by atoms with Gasteiger partial charge in [-0.1, -0.05) is 27.7 Å². The van der Waals surface area contributed by atoms with E-state index in [1.165, 1.54) is 11.3 Å². The van der Waals surface area contributed by atoms with Crippen LogP contribution in [0.5, 0.6) is 0 Å². The third kappa shape index (κ3) is 3.98. The summed E-state index contributed by atoms with van der Waals surface area (Å²) in [5, 5.41) is 3.47. The molecule has 1 atom stereocenters. The molecule has 1 rings (SSSR count). The summed E-state index contributed by atoms with van der Waals surface area (Å²) in [7, 11) is 2.15. The number of hydrogen-bond acceptors (Lipinski definition) is 3. The first kappa shape index (κ1) is 15.0. The van der Waals surface area contributed by atoms with Gasteiger partial charge >= 0.3 is 0 Å². The normalized spacial score (nSPS) is 13.1. The second-order valence-corrected chi connectivity index (χ2v) is 5.64. The molecule has 18 heavy (non-hydrogen) atoms. The number of nitrogens with one attached hydrogen (secondary N) is 1. The molecule has 0 amide bonds. The number of pyridine rings is 1. The summed E-state index contributed by atoms with van der Waals surface area (Å²) in [5.41, 5.74) is 2.54. The Labute approximate surface area is 112 Å². The van der Waals surface area contributed by atoms with Gasteiger partial charge in [0.25, 0.3) is 0 Å². The van der Waals surface area contributed by atoms with Gasteiger partial charge < -0.3 is 10.2 Å². The van der Waals surface area contributed by atoms with Crippen LogP contribution in [-0.2, 0) is 6.54 Å². The molecule has 0 saturated carbocycles. The Morgan fingerprint density at radius 2 is 1.89 bits per heavy atom. The standard InChI is InChI=1S/C15H27N3/c1-11(2)13(5)18(6)15-10-16-8-7-14(15)9-17-12(3)4/h7-8,10-13,17H,9H2,1-6H3. The number of hydrogen-bond donors (Lipinski definition) is 1. The second kappa shape index (κ2) is 6.74. The average Bonchev–Trinajstić information content (AvgIpc) is 2.34. The summed E-state index contributed by atoms with van der Waals surface area (Å²) < 4.78 is 0. The van der Waals surface area contributed by atoms with Crippen LogP contribution >= 0.6 is 0 Å². The smallest absolute Gasteiger partial charge is 0.0598 e. The van der Waals surface area contributed by atoms with Gasteiger partial charge in [0.2, 0.25) is 0 Å². The van der Waals surface area contributed by atoms with Crippen LogP contribution in [0.4, 0.5) is 5.69 Å². The van der Waals surface area contributed by atoms with E-state index in [2.05, 4.69) is 62.9 Å². The van der Waals surface area contributed by atoms with Gasteiger partial charge in [0.1, 0.15) is 0 Å². The third-order valence-corrected chi connectivity index (χ3v) is 3.54. The van der Waals surface area contributed by atoms with Gasteiger partial charge in [-0.2, -0.15) is 0 Å². The fraction of sp³-hybridized carbons (Fsp3) is 0.667. The maximum Gasteiger partial charge on any atom is 0.0598 e. The van der Waals surface area contributed by atoms with E-state index in [4.69, 9.17) is 0 Å². The van der Waals surface area contributed by atoms with Crippen molar-refractivity contribution in [2.24, 2.45) is 5.92 Å². The van der Waals surface area contributed by atoms with Crippen molar-refractivity contribution in [3.63, 3.8) is 0 Å². The molecule has 0 saturated heterocycles. The number of nitrogens with zero attached hydrogens (tertiary/aromatic N) is 2. The molecule has 102 valence electrons. The van der Waals surface area contributed by atoms with E-state index in [1.807, 2.05) is 12.4 Å². The second-order valence-electron chi connectivity index (χ2n) is 5.64. The lowest BCUT2D eigenvalue weighted by atomic mass is 10.0. The topological polar surface area (TPSA) is 28.2 Å². The molecule has 0 aromatic carbocycles. The minimum atomic E-state index is 0.499. The van der Waals surface area contributed by atoms with Gasteiger partial charge in [-0.3, -0.25) is 4.98 Å². The fourth-order valence-corrected chi connectivity index (χ4v) is 1.86. The van der Waals surface area contributed by atoms with Crippen LogP contribution in [-0.4, -0.2) is 24.1 Å². The Balaban J connectivity index is 2.87. The molecule has 1 aromatic heterocycles. The highest BCUT2D eigenvalue weighted by Gasteiger charge is 2.16. The summed E-state index contributed by atoms with van der Waals surface area (Å²) in [6.07, 6.45) is 3.84. The maximum atomic E-state index is 4.27. The summed E-state index contributed by atoms with van der Waals surface area (Å²) in [4.78, 5) is 6.59. The molecular weight excluding hydrogens is 222 g/mol. The zero-order chi connectivity index (χ0) is 13.7. The van der Waals surface area contributed by atoms with E-state index in [1.54, 1.807) is 0 Å². The van der Waals surface area contributed by atoms with Gasteiger partial charge in [0, 0.05) is 31.9 Å². The minimum absolute atomic E-state index is 0.499. The van der Waals surface area contributed by atoms with Crippen LogP contribution in [0.2, 0.25) is 0 Å². The molecule has 3 heteroatoms. The first-order valence-electron chi connectivity index (χ1n) is 6.82. The van der Waals surface area contributed by atoms with Crippen LogP contribution in [0.3, 0.4) is 0 Å². The van der Waals surface area contributed by atoms with Gasteiger partial charge in [-0.15, -0.1) is 0 Å². The van der Waals surface area contributed by atoms with Gasteiger partial charge in [0.05, 0.1) is 11.9 Å². The van der Waals surface area contributed by atoms with E-state index >= 15 is 0 Å². The van der Waals surface area contributed by atoms with Crippen LogP contribution < -0.4 is 10.2 Å². The number of anilines is 1. The highest BCUT2D eigenvalue weighted by molar-refractivity contribution is 5.51. The lowest BCUT2D eigenvalue weighted by molar-refractivity contribution is 0.503. The third-order valence-electron chi connectivity index (χ3n) is 3.54. The van der Waals surface area contributed by atoms with Crippen LogP contribution in [0, 0.1) is 5.92 Å². The number of rotatable bonds is 6. The molecule has 0 spiro atoms. The van der Waals surface area contributed by atoms with Crippen molar-refractivity contribution in [1.82, 2.24) is 10.3 Å². The Hall–Kier alpha value is -1.09. The molecule has 0 bridgehead atoms. The quantitative estimate of drug-likeness (QED) is 0.840. The molecular formula is C15H27N3. The zero-order valence-corrected chi connectivity index (χ0v) is 12.6. The highest BCUT2D eigenvalue weighted by Crippen LogP contribution is 2.22.